The number of rotatable bonds is 7. The van der Waals surface area contributed by atoms with Gasteiger partial charge in [0.25, 0.3) is 5.92 Å². The van der Waals surface area contributed by atoms with E-state index < -0.39 is 5.92 Å². The average Bonchev–Trinajstić information content (AvgIpc) is 2.77. The Hall–Kier alpha value is -2.29. The second-order valence-corrected chi connectivity index (χ2v) is 7.89. The van der Waals surface area contributed by atoms with Gasteiger partial charge in [-0.2, -0.15) is 0 Å². The molecule has 0 radical (unpaired) electrons. The van der Waals surface area contributed by atoms with E-state index in [9.17, 15) is 13.6 Å². The predicted molar refractivity (Wildman–Crippen MR) is 136 cm³/mol. The topological polar surface area (TPSA) is 17.1 Å². The van der Waals surface area contributed by atoms with Crippen molar-refractivity contribution in [1.29, 1.82) is 0 Å². The molecule has 1 nitrogen and oxygen atoms in total. The van der Waals surface area contributed by atoms with E-state index in [0.717, 1.165) is 37.3 Å². The van der Waals surface area contributed by atoms with Gasteiger partial charge in [0.1, 0.15) is 0 Å². The second-order valence-electron chi connectivity index (χ2n) is 7.89. The molecule has 2 aromatic rings. The summed E-state index contributed by atoms with van der Waals surface area (Å²) in [5.41, 5.74) is 7.33. The molecule has 0 saturated heterocycles. The van der Waals surface area contributed by atoms with E-state index in [-0.39, 0.29) is 11.3 Å². The van der Waals surface area contributed by atoms with Crippen LogP contribution in [0, 0.1) is 6.92 Å². The van der Waals surface area contributed by atoms with Crippen LogP contribution in [-0.4, -0.2) is 5.78 Å². The number of carbonyl (C=O) groups excluding carboxylic acids is 1. The summed E-state index contributed by atoms with van der Waals surface area (Å²) in [6.45, 7) is 17.3. The van der Waals surface area contributed by atoms with E-state index in [4.69, 9.17) is 0 Å². The lowest BCUT2D eigenvalue weighted by Crippen LogP contribution is -2.06. The summed E-state index contributed by atoms with van der Waals surface area (Å²) in [5.74, 6) is -2.58. The van der Waals surface area contributed by atoms with E-state index in [2.05, 4.69) is 39.8 Å². The van der Waals surface area contributed by atoms with Crippen LogP contribution in [-0.2, 0) is 12.3 Å². The molecule has 0 aliphatic carbocycles. The summed E-state index contributed by atoms with van der Waals surface area (Å²) < 4.78 is 25.4. The van der Waals surface area contributed by atoms with Crippen LogP contribution in [0.15, 0.2) is 48.0 Å². The average molecular weight is 445 g/mol. The SMILES string of the molecule is CC.CCC/C(C)=C(\CC)c1cc(C(C)=O)ccc1C.CCc1ccc(C(C)(F)F)cc1. The fraction of sp³-hybridized carbons (Fsp3) is 0.483. The Balaban J connectivity index is 0.000000595. The maximum atomic E-state index is 12.7. The third-order valence-corrected chi connectivity index (χ3v) is 5.33. The number of hydrogen-bond donors (Lipinski definition) is 0. The van der Waals surface area contributed by atoms with Gasteiger partial charge in [-0.1, -0.05) is 83.0 Å². The highest BCUT2D eigenvalue weighted by molar-refractivity contribution is 5.95. The lowest BCUT2D eigenvalue weighted by Gasteiger charge is -2.14. The van der Waals surface area contributed by atoms with Crippen molar-refractivity contribution in [2.24, 2.45) is 0 Å². The summed E-state index contributed by atoms with van der Waals surface area (Å²) in [7, 11) is 0. The van der Waals surface area contributed by atoms with Crippen molar-refractivity contribution in [2.45, 2.75) is 93.9 Å². The summed E-state index contributed by atoms with van der Waals surface area (Å²) in [6.07, 6.45) is 4.21. The van der Waals surface area contributed by atoms with E-state index in [0.29, 0.717) is 0 Å². The van der Waals surface area contributed by atoms with Crippen LogP contribution in [0.3, 0.4) is 0 Å². The van der Waals surface area contributed by atoms with Crippen LogP contribution in [0.25, 0.3) is 5.57 Å². The second kappa shape index (κ2) is 14.7. The number of alkyl halides is 2. The molecule has 2 aromatic carbocycles. The van der Waals surface area contributed by atoms with Gasteiger partial charge in [-0.3, -0.25) is 4.79 Å². The molecule has 0 heterocycles. The highest BCUT2D eigenvalue weighted by Crippen LogP contribution is 2.28. The Morgan fingerprint density at radius 2 is 1.50 bits per heavy atom. The van der Waals surface area contributed by atoms with E-state index in [1.165, 1.54) is 40.8 Å². The molecule has 2 rings (SSSR count). The first-order valence-electron chi connectivity index (χ1n) is 11.8. The van der Waals surface area contributed by atoms with Crippen molar-refractivity contribution in [1.82, 2.24) is 0 Å². The Labute approximate surface area is 195 Å². The third kappa shape index (κ3) is 9.46. The highest BCUT2D eigenvalue weighted by Gasteiger charge is 2.23. The zero-order valence-corrected chi connectivity index (χ0v) is 21.5. The largest absolute Gasteiger partial charge is 0.295 e. The van der Waals surface area contributed by atoms with Crippen LogP contribution >= 0.6 is 0 Å². The molecule has 0 aromatic heterocycles. The standard InChI is InChI=1S/C17H24O.C10H12F2.C2H6/c1-6-8-12(3)16(7-2)17-11-15(14(5)18)10-9-13(17)4;1-3-8-4-6-9(7-5-8)10(2,11)12;1-2/h9-11H,6-8H2,1-5H3;4-7H,3H2,1-2H3;1-2H3/b16-12+;;. The molecule has 0 amide bonds. The van der Waals surface area contributed by atoms with Crippen molar-refractivity contribution in [3.8, 4) is 0 Å². The van der Waals surface area contributed by atoms with Gasteiger partial charge in [0.05, 0.1) is 0 Å². The van der Waals surface area contributed by atoms with E-state index in [1.54, 1.807) is 19.1 Å². The molecular formula is C29H42F2O. The molecule has 0 saturated carbocycles. The van der Waals surface area contributed by atoms with Crippen LogP contribution in [0.2, 0.25) is 0 Å². The molecule has 3 heteroatoms. The summed E-state index contributed by atoms with van der Waals surface area (Å²) in [4.78, 5) is 11.5. The minimum Gasteiger partial charge on any atom is -0.295 e. The quantitative estimate of drug-likeness (QED) is 0.388. The van der Waals surface area contributed by atoms with Crippen molar-refractivity contribution in [3.05, 3.63) is 75.9 Å². The molecule has 32 heavy (non-hydrogen) atoms. The van der Waals surface area contributed by atoms with Crippen molar-refractivity contribution in [3.63, 3.8) is 0 Å². The zero-order chi connectivity index (χ0) is 24.9. The molecule has 0 N–H and O–H groups in total. The van der Waals surface area contributed by atoms with Crippen molar-refractivity contribution < 1.29 is 13.6 Å². The monoisotopic (exact) mass is 444 g/mol. The first-order valence-corrected chi connectivity index (χ1v) is 11.8. The number of Topliss-reactive ketones (excluding diaryl/α,β-unsaturated/α-hetero) is 1. The Bertz CT molecular complexity index is 856. The molecule has 0 bridgehead atoms. The fourth-order valence-electron chi connectivity index (χ4n) is 3.45. The third-order valence-electron chi connectivity index (χ3n) is 5.33. The maximum Gasteiger partial charge on any atom is 0.270 e. The van der Waals surface area contributed by atoms with Gasteiger partial charge in [0.15, 0.2) is 5.78 Å². The summed E-state index contributed by atoms with van der Waals surface area (Å²) in [6, 6.07) is 12.5. The van der Waals surface area contributed by atoms with Crippen LogP contribution < -0.4 is 0 Å². The molecule has 0 fully saturated rings. The lowest BCUT2D eigenvalue weighted by molar-refractivity contribution is 0.0174. The van der Waals surface area contributed by atoms with Crippen molar-refractivity contribution >= 4 is 11.4 Å². The predicted octanol–water partition coefficient (Wildman–Crippen LogP) is 9.57. The first-order chi connectivity index (χ1) is 15.0. The van der Waals surface area contributed by atoms with Crippen LogP contribution in [0.4, 0.5) is 8.78 Å². The molecule has 0 unspecified atom stereocenters. The van der Waals surface area contributed by atoms with E-state index in [1.807, 2.05) is 26.8 Å². The number of hydrogen-bond acceptors (Lipinski definition) is 1. The Morgan fingerprint density at radius 3 is 1.91 bits per heavy atom. The van der Waals surface area contributed by atoms with Crippen LogP contribution in [0.5, 0.6) is 0 Å². The molecule has 178 valence electrons. The van der Waals surface area contributed by atoms with Gasteiger partial charge < -0.3 is 0 Å². The molecule has 0 spiro atoms. The van der Waals surface area contributed by atoms with Crippen LogP contribution in [0.1, 0.15) is 107 Å². The van der Waals surface area contributed by atoms with Gasteiger partial charge in [-0.15, -0.1) is 0 Å². The normalized spacial score (nSPS) is 11.5. The zero-order valence-electron chi connectivity index (χ0n) is 21.5. The van der Waals surface area contributed by atoms with Gasteiger partial charge >= 0.3 is 0 Å². The lowest BCUT2D eigenvalue weighted by atomic mass is 9.91. The number of allylic oxidation sites excluding steroid dienone is 2. The highest BCUT2D eigenvalue weighted by atomic mass is 19.3. The first kappa shape index (κ1) is 29.7. The van der Waals surface area contributed by atoms with Gasteiger partial charge in [0, 0.05) is 18.1 Å². The molecular weight excluding hydrogens is 402 g/mol. The van der Waals surface area contributed by atoms with E-state index >= 15 is 0 Å². The number of benzene rings is 2. The fourth-order valence-corrected chi connectivity index (χ4v) is 3.45. The Kier molecular flexibility index (Phi) is 13.7. The smallest absolute Gasteiger partial charge is 0.270 e. The minimum absolute atomic E-state index is 0.0831. The number of aryl methyl sites for hydroxylation is 2. The van der Waals surface area contributed by atoms with Gasteiger partial charge in [-0.25, -0.2) is 8.78 Å². The molecule has 0 aliphatic heterocycles. The molecule has 0 aliphatic rings. The maximum absolute atomic E-state index is 12.7. The van der Waals surface area contributed by atoms with Crippen molar-refractivity contribution in [2.75, 3.05) is 0 Å². The summed E-state index contributed by atoms with van der Waals surface area (Å²) in [5, 5.41) is 0. The molecule has 0 atom stereocenters. The van der Waals surface area contributed by atoms with Gasteiger partial charge in [-0.05, 0) is 68.4 Å². The Morgan fingerprint density at radius 1 is 0.938 bits per heavy atom. The number of halogens is 2. The minimum atomic E-state index is -2.72. The summed E-state index contributed by atoms with van der Waals surface area (Å²) >= 11 is 0. The number of ketones is 1. The number of carbonyl (C=O) groups is 1. The van der Waals surface area contributed by atoms with Gasteiger partial charge in [0.2, 0.25) is 0 Å².